The molecule has 0 fully saturated rings. The summed E-state index contributed by atoms with van der Waals surface area (Å²) in [5, 5.41) is 19.6. The number of H-pyrrole nitrogens is 1. The number of nitrogens with zero attached hydrogens (tertiary/aromatic N) is 2. The zero-order valence-corrected chi connectivity index (χ0v) is 11.4. The number of non-ortho nitro benzene ring substituents is 1. The van der Waals surface area contributed by atoms with E-state index in [1.165, 1.54) is 0 Å². The molecule has 0 atom stereocenters. The molecule has 2 rings (SSSR count). The molecule has 0 bridgehead atoms. The lowest BCUT2D eigenvalue weighted by Gasteiger charge is -2.07. The minimum atomic E-state index is -0.645. The highest BCUT2D eigenvalue weighted by molar-refractivity contribution is 6.44. The maximum absolute atomic E-state index is 12.0. The van der Waals surface area contributed by atoms with Crippen LogP contribution in [0.5, 0.6) is 0 Å². The zero-order valence-electron chi connectivity index (χ0n) is 9.89. The van der Waals surface area contributed by atoms with Crippen LogP contribution in [-0.2, 0) is 6.54 Å². The van der Waals surface area contributed by atoms with Crippen molar-refractivity contribution in [2.75, 3.05) is 0 Å². The first-order chi connectivity index (χ1) is 9.49. The van der Waals surface area contributed by atoms with Gasteiger partial charge in [-0.05, 0) is 6.07 Å². The molecule has 2 N–H and O–H groups in total. The molecule has 0 saturated carbocycles. The molecule has 2 aromatic rings. The molecule has 0 spiro atoms. The highest BCUT2D eigenvalue weighted by Gasteiger charge is 2.19. The van der Waals surface area contributed by atoms with Gasteiger partial charge >= 0.3 is 0 Å². The van der Waals surface area contributed by atoms with Crippen LogP contribution < -0.4 is 5.32 Å². The Balaban J connectivity index is 2.22. The Labute approximate surface area is 123 Å². The molecule has 104 valence electrons. The normalized spacial score (nSPS) is 10.3. The number of aromatic amines is 1. The van der Waals surface area contributed by atoms with Crippen molar-refractivity contribution in [1.29, 1.82) is 0 Å². The summed E-state index contributed by atoms with van der Waals surface area (Å²) >= 11 is 11.7. The second-order valence-electron chi connectivity index (χ2n) is 3.81. The van der Waals surface area contributed by atoms with Crippen LogP contribution in [0.1, 0.15) is 16.1 Å². The van der Waals surface area contributed by atoms with Gasteiger partial charge in [0.25, 0.3) is 11.6 Å². The van der Waals surface area contributed by atoms with Crippen LogP contribution >= 0.6 is 23.2 Å². The average Bonchev–Trinajstić information content (AvgIpc) is 2.92. The molecule has 1 amide bonds. The van der Waals surface area contributed by atoms with Crippen LogP contribution in [0.15, 0.2) is 24.4 Å². The van der Waals surface area contributed by atoms with E-state index in [4.69, 9.17) is 23.2 Å². The quantitative estimate of drug-likeness (QED) is 0.668. The minimum absolute atomic E-state index is 0.0284. The lowest BCUT2D eigenvalue weighted by Crippen LogP contribution is -2.23. The second kappa shape index (κ2) is 5.89. The van der Waals surface area contributed by atoms with E-state index in [0.29, 0.717) is 5.69 Å². The number of nitro benzene ring substituents is 1. The summed E-state index contributed by atoms with van der Waals surface area (Å²) in [6, 6.07) is 3.86. The van der Waals surface area contributed by atoms with Crippen molar-refractivity contribution in [3.8, 4) is 0 Å². The molecule has 0 saturated heterocycles. The molecule has 20 heavy (non-hydrogen) atoms. The van der Waals surface area contributed by atoms with Crippen molar-refractivity contribution < 1.29 is 9.72 Å². The number of carbonyl (C=O) groups is 1. The van der Waals surface area contributed by atoms with Crippen molar-refractivity contribution in [3.63, 3.8) is 0 Å². The predicted molar refractivity (Wildman–Crippen MR) is 72.9 cm³/mol. The third-order valence-corrected chi connectivity index (χ3v) is 3.27. The summed E-state index contributed by atoms with van der Waals surface area (Å²) in [6.45, 7) is 0.190. The van der Waals surface area contributed by atoms with Crippen molar-refractivity contribution in [2.45, 2.75) is 6.54 Å². The standard InChI is InChI=1S/C11H8Cl2N4O3/c12-9-4-7(17(19)20)3-8(10(9)13)11(18)14-5-6-1-2-15-16-6/h1-4H,5H2,(H,14,18)(H,15,16). The zero-order chi connectivity index (χ0) is 14.7. The molecule has 1 heterocycles. The lowest BCUT2D eigenvalue weighted by atomic mass is 10.2. The Bertz CT molecular complexity index is 658. The number of amides is 1. The number of aromatic nitrogens is 2. The summed E-state index contributed by atoms with van der Waals surface area (Å²) in [7, 11) is 0. The summed E-state index contributed by atoms with van der Waals surface area (Å²) in [5.41, 5.74) is 0.336. The van der Waals surface area contributed by atoms with Crippen LogP contribution in [0.3, 0.4) is 0 Å². The predicted octanol–water partition coefficient (Wildman–Crippen LogP) is 2.55. The van der Waals surface area contributed by atoms with Gasteiger partial charge in [-0.2, -0.15) is 5.10 Å². The van der Waals surface area contributed by atoms with Crippen molar-refractivity contribution >= 4 is 34.8 Å². The monoisotopic (exact) mass is 314 g/mol. The number of nitro groups is 1. The van der Waals surface area contributed by atoms with E-state index < -0.39 is 10.8 Å². The number of benzene rings is 1. The number of hydrogen-bond acceptors (Lipinski definition) is 4. The number of halogens is 2. The molecule has 1 aromatic carbocycles. The van der Waals surface area contributed by atoms with Gasteiger partial charge in [-0.25, -0.2) is 0 Å². The Morgan fingerprint density at radius 1 is 1.45 bits per heavy atom. The van der Waals surface area contributed by atoms with Gasteiger partial charge in [0.2, 0.25) is 0 Å². The molecule has 0 unspecified atom stereocenters. The maximum atomic E-state index is 12.0. The van der Waals surface area contributed by atoms with Crippen LogP contribution in [-0.4, -0.2) is 21.0 Å². The molecule has 1 aromatic heterocycles. The number of rotatable bonds is 4. The first kappa shape index (κ1) is 14.3. The fourth-order valence-corrected chi connectivity index (χ4v) is 1.91. The summed E-state index contributed by atoms with van der Waals surface area (Å²) < 4.78 is 0. The molecule has 7 nitrogen and oxygen atoms in total. The van der Waals surface area contributed by atoms with E-state index in [1.807, 2.05) is 0 Å². The highest BCUT2D eigenvalue weighted by atomic mass is 35.5. The Morgan fingerprint density at radius 2 is 2.20 bits per heavy atom. The van der Waals surface area contributed by atoms with Crippen molar-refractivity contribution in [2.24, 2.45) is 0 Å². The van der Waals surface area contributed by atoms with E-state index in [0.717, 1.165) is 12.1 Å². The fourth-order valence-electron chi connectivity index (χ4n) is 1.50. The molecular weight excluding hydrogens is 307 g/mol. The third-order valence-electron chi connectivity index (χ3n) is 2.47. The molecule has 0 aliphatic carbocycles. The van der Waals surface area contributed by atoms with Gasteiger partial charge < -0.3 is 5.32 Å². The molecular formula is C11H8Cl2N4O3. The Hall–Kier alpha value is -2.12. The first-order valence-corrected chi connectivity index (χ1v) is 6.14. The van der Waals surface area contributed by atoms with E-state index >= 15 is 0 Å². The smallest absolute Gasteiger partial charge is 0.271 e. The lowest BCUT2D eigenvalue weighted by molar-refractivity contribution is -0.384. The van der Waals surface area contributed by atoms with Gasteiger partial charge in [-0.3, -0.25) is 20.0 Å². The van der Waals surface area contributed by atoms with Crippen molar-refractivity contribution in [3.05, 3.63) is 55.8 Å². The SMILES string of the molecule is O=C(NCc1ccn[nH]1)c1cc([N+](=O)[O-])cc(Cl)c1Cl. The number of nitrogens with one attached hydrogen (secondary N) is 2. The number of carbonyl (C=O) groups excluding carboxylic acids is 1. The fraction of sp³-hybridized carbons (Fsp3) is 0.0909. The van der Waals surface area contributed by atoms with E-state index in [2.05, 4.69) is 15.5 Å². The van der Waals surface area contributed by atoms with Gasteiger partial charge in [-0.15, -0.1) is 0 Å². The van der Waals surface area contributed by atoms with E-state index in [1.54, 1.807) is 12.3 Å². The van der Waals surface area contributed by atoms with Crippen LogP contribution in [0.25, 0.3) is 0 Å². The van der Waals surface area contributed by atoms with Crippen molar-refractivity contribution in [1.82, 2.24) is 15.5 Å². The summed E-state index contributed by atoms with van der Waals surface area (Å²) in [4.78, 5) is 22.1. The second-order valence-corrected chi connectivity index (χ2v) is 4.60. The third kappa shape index (κ3) is 3.06. The topological polar surface area (TPSA) is 101 Å². The van der Waals surface area contributed by atoms with Gasteiger partial charge in [-0.1, -0.05) is 23.2 Å². The Morgan fingerprint density at radius 3 is 2.80 bits per heavy atom. The van der Waals surface area contributed by atoms with Crippen LogP contribution in [0.4, 0.5) is 5.69 Å². The van der Waals surface area contributed by atoms with Gasteiger partial charge in [0.05, 0.1) is 32.8 Å². The minimum Gasteiger partial charge on any atom is -0.346 e. The van der Waals surface area contributed by atoms with E-state index in [9.17, 15) is 14.9 Å². The van der Waals surface area contributed by atoms with Gasteiger partial charge in [0, 0.05) is 18.3 Å². The highest BCUT2D eigenvalue weighted by Crippen LogP contribution is 2.30. The largest absolute Gasteiger partial charge is 0.346 e. The van der Waals surface area contributed by atoms with Crippen LogP contribution in [0, 0.1) is 10.1 Å². The average molecular weight is 315 g/mol. The van der Waals surface area contributed by atoms with Gasteiger partial charge in [0.1, 0.15) is 0 Å². The van der Waals surface area contributed by atoms with Crippen LogP contribution in [0.2, 0.25) is 10.0 Å². The summed E-state index contributed by atoms with van der Waals surface area (Å²) in [6.07, 6.45) is 1.54. The van der Waals surface area contributed by atoms with E-state index in [-0.39, 0.29) is 27.8 Å². The molecule has 0 radical (unpaired) electrons. The Kier molecular flexibility index (Phi) is 4.21. The van der Waals surface area contributed by atoms with Gasteiger partial charge in [0.15, 0.2) is 0 Å². The molecule has 0 aliphatic rings. The first-order valence-electron chi connectivity index (χ1n) is 5.39. The maximum Gasteiger partial charge on any atom is 0.271 e. The number of hydrogen-bond donors (Lipinski definition) is 2. The molecule has 9 heteroatoms. The molecule has 0 aliphatic heterocycles. The summed E-state index contributed by atoms with van der Waals surface area (Å²) in [5.74, 6) is -0.560.